The maximum absolute atomic E-state index is 12.3. The minimum absolute atomic E-state index is 0.195. The largest absolute Gasteiger partial charge is 0.468 e. The van der Waals surface area contributed by atoms with Gasteiger partial charge in [-0.05, 0) is 18.4 Å². The molecule has 118 valence electrons. The topological polar surface area (TPSA) is 61.8 Å². The first kappa shape index (κ1) is 15.0. The molecule has 0 bridgehead atoms. The van der Waals surface area contributed by atoms with Crippen molar-refractivity contribution in [1.82, 2.24) is 0 Å². The van der Waals surface area contributed by atoms with Gasteiger partial charge in [-0.1, -0.05) is 37.3 Å². The molecule has 0 N–H and O–H groups in total. The Morgan fingerprint density at radius 1 is 1.36 bits per heavy atom. The summed E-state index contributed by atoms with van der Waals surface area (Å²) in [7, 11) is 1.31. The van der Waals surface area contributed by atoms with Crippen LogP contribution in [0.25, 0.3) is 0 Å². The molecular formula is C17H20O5. The van der Waals surface area contributed by atoms with Gasteiger partial charge in [-0.25, -0.2) is 0 Å². The number of rotatable bonds is 4. The molecule has 1 aliphatic heterocycles. The Kier molecular flexibility index (Phi) is 3.68. The zero-order valence-electron chi connectivity index (χ0n) is 12.8. The summed E-state index contributed by atoms with van der Waals surface area (Å²) in [6.07, 6.45) is 0.848. The van der Waals surface area contributed by atoms with E-state index in [1.807, 2.05) is 37.3 Å². The van der Waals surface area contributed by atoms with Crippen LogP contribution in [0, 0.1) is 10.8 Å². The minimum Gasteiger partial charge on any atom is -0.468 e. The van der Waals surface area contributed by atoms with E-state index in [1.54, 1.807) is 0 Å². The van der Waals surface area contributed by atoms with Gasteiger partial charge < -0.3 is 14.2 Å². The van der Waals surface area contributed by atoms with E-state index in [-0.39, 0.29) is 12.7 Å². The van der Waals surface area contributed by atoms with E-state index in [2.05, 4.69) is 0 Å². The van der Waals surface area contributed by atoms with Gasteiger partial charge in [0.05, 0.1) is 25.2 Å². The molecule has 1 saturated carbocycles. The van der Waals surface area contributed by atoms with Gasteiger partial charge in [0.2, 0.25) is 0 Å². The lowest BCUT2D eigenvalue weighted by Crippen LogP contribution is -2.48. The van der Waals surface area contributed by atoms with E-state index in [4.69, 9.17) is 14.2 Å². The van der Waals surface area contributed by atoms with Crippen molar-refractivity contribution in [3.8, 4) is 0 Å². The van der Waals surface area contributed by atoms with Crippen LogP contribution in [0.2, 0.25) is 0 Å². The maximum atomic E-state index is 12.3. The standard InChI is InChI=1S/C17H20O5/c1-16-11-22-15(19)17(16,14(18)20-2)9-8-13(16)21-10-12-6-4-3-5-7-12/h3-7,13H,8-11H2,1-2H3/t13-,16-,17+/m0/s1. The number of hydrogen-bond donors (Lipinski definition) is 0. The van der Waals surface area contributed by atoms with Crippen molar-refractivity contribution < 1.29 is 23.8 Å². The Hall–Kier alpha value is -1.88. The van der Waals surface area contributed by atoms with Crippen molar-refractivity contribution in [2.24, 2.45) is 10.8 Å². The number of ether oxygens (including phenoxy) is 3. The van der Waals surface area contributed by atoms with Crippen LogP contribution in [0.5, 0.6) is 0 Å². The summed E-state index contributed by atoms with van der Waals surface area (Å²) in [6, 6.07) is 9.83. The normalized spacial score (nSPS) is 33.4. The molecule has 1 aliphatic carbocycles. The van der Waals surface area contributed by atoms with Crippen LogP contribution in [0.4, 0.5) is 0 Å². The molecule has 0 unspecified atom stereocenters. The Balaban J connectivity index is 1.81. The van der Waals surface area contributed by atoms with E-state index < -0.39 is 22.8 Å². The second-order valence-corrected chi connectivity index (χ2v) is 6.21. The van der Waals surface area contributed by atoms with Crippen molar-refractivity contribution in [2.75, 3.05) is 13.7 Å². The predicted molar refractivity (Wildman–Crippen MR) is 77.8 cm³/mol. The van der Waals surface area contributed by atoms with E-state index in [0.29, 0.717) is 19.4 Å². The molecule has 1 heterocycles. The summed E-state index contributed by atoms with van der Waals surface area (Å²) in [5.41, 5.74) is -0.832. The number of esters is 2. The first-order chi connectivity index (χ1) is 10.5. The number of carbonyl (C=O) groups excluding carboxylic acids is 2. The van der Waals surface area contributed by atoms with Crippen LogP contribution in [-0.4, -0.2) is 31.8 Å². The van der Waals surface area contributed by atoms with E-state index in [0.717, 1.165) is 5.56 Å². The van der Waals surface area contributed by atoms with Crippen molar-refractivity contribution >= 4 is 11.9 Å². The van der Waals surface area contributed by atoms with Crippen molar-refractivity contribution in [3.63, 3.8) is 0 Å². The smallest absolute Gasteiger partial charge is 0.324 e. The molecule has 0 spiro atoms. The molecule has 2 aliphatic rings. The van der Waals surface area contributed by atoms with Crippen molar-refractivity contribution in [3.05, 3.63) is 35.9 Å². The number of carbonyl (C=O) groups is 2. The fourth-order valence-electron chi connectivity index (χ4n) is 3.75. The molecule has 1 aromatic rings. The summed E-state index contributed by atoms with van der Waals surface area (Å²) >= 11 is 0. The zero-order valence-corrected chi connectivity index (χ0v) is 12.8. The van der Waals surface area contributed by atoms with Gasteiger partial charge in [-0.2, -0.15) is 0 Å². The average molecular weight is 304 g/mol. The maximum Gasteiger partial charge on any atom is 0.324 e. The Morgan fingerprint density at radius 2 is 2.09 bits per heavy atom. The quantitative estimate of drug-likeness (QED) is 0.629. The molecular weight excluding hydrogens is 284 g/mol. The summed E-state index contributed by atoms with van der Waals surface area (Å²) in [5, 5.41) is 0. The number of cyclic esters (lactones) is 1. The Labute approximate surface area is 129 Å². The fourth-order valence-corrected chi connectivity index (χ4v) is 3.75. The van der Waals surface area contributed by atoms with E-state index in [9.17, 15) is 9.59 Å². The molecule has 1 aromatic carbocycles. The lowest BCUT2D eigenvalue weighted by molar-refractivity contribution is -0.167. The highest BCUT2D eigenvalue weighted by atomic mass is 16.6. The van der Waals surface area contributed by atoms with Gasteiger partial charge in [0.1, 0.15) is 6.61 Å². The van der Waals surface area contributed by atoms with Crippen LogP contribution in [0.15, 0.2) is 30.3 Å². The third kappa shape index (κ3) is 1.96. The van der Waals surface area contributed by atoms with Crippen molar-refractivity contribution in [2.45, 2.75) is 32.5 Å². The zero-order chi connectivity index (χ0) is 15.8. The number of methoxy groups -OCH3 is 1. The van der Waals surface area contributed by atoms with Crippen LogP contribution in [0.1, 0.15) is 25.3 Å². The summed E-state index contributed by atoms with van der Waals surface area (Å²) < 4.78 is 16.1. The Morgan fingerprint density at radius 3 is 2.77 bits per heavy atom. The lowest BCUT2D eigenvalue weighted by Gasteiger charge is -2.34. The molecule has 5 nitrogen and oxygen atoms in total. The second kappa shape index (κ2) is 5.39. The van der Waals surface area contributed by atoms with Gasteiger partial charge >= 0.3 is 11.9 Å². The highest BCUT2D eigenvalue weighted by Gasteiger charge is 2.72. The molecule has 0 radical (unpaired) electrons. The molecule has 3 atom stereocenters. The highest BCUT2D eigenvalue weighted by Crippen LogP contribution is 2.59. The first-order valence-corrected chi connectivity index (χ1v) is 7.46. The number of hydrogen-bond acceptors (Lipinski definition) is 5. The van der Waals surface area contributed by atoms with E-state index in [1.165, 1.54) is 7.11 Å². The van der Waals surface area contributed by atoms with Gasteiger partial charge in [-0.3, -0.25) is 9.59 Å². The Bertz CT molecular complexity index is 584. The SMILES string of the molecule is COC(=O)[C@@]12CC[C@H](OCc3ccccc3)[C@]1(C)COC2=O. The van der Waals surface area contributed by atoms with Crippen LogP contribution in [-0.2, 0) is 30.4 Å². The van der Waals surface area contributed by atoms with E-state index >= 15 is 0 Å². The van der Waals surface area contributed by atoms with Crippen LogP contribution >= 0.6 is 0 Å². The van der Waals surface area contributed by atoms with Gasteiger partial charge in [0, 0.05) is 0 Å². The molecule has 0 aromatic heterocycles. The fraction of sp³-hybridized carbons (Fsp3) is 0.529. The third-order valence-corrected chi connectivity index (χ3v) is 5.15. The van der Waals surface area contributed by atoms with Gasteiger partial charge in [-0.15, -0.1) is 0 Å². The second-order valence-electron chi connectivity index (χ2n) is 6.21. The van der Waals surface area contributed by atoms with Crippen LogP contribution < -0.4 is 0 Å². The highest BCUT2D eigenvalue weighted by molar-refractivity contribution is 6.03. The predicted octanol–water partition coefficient (Wildman–Crippen LogP) is 2.09. The monoisotopic (exact) mass is 304 g/mol. The third-order valence-electron chi connectivity index (χ3n) is 5.15. The minimum atomic E-state index is -1.22. The molecule has 1 saturated heterocycles. The summed E-state index contributed by atoms with van der Waals surface area (Å²) in [6.45, 7) is 2.53. The van der Waals surface area contributed by atoms with Gasteiger partial charge in [0.25, 0.3) is 0 Å². The molecule has 3 rings (SSSR count). The molecule has 5 heteroatoms. The lowest BCUT2D eigenvalue weighted by atomic mass is 9.68. The average Bonchev–Trinajstić information content (AvgIpc) is 2.98. The molecule has 22 heavy (non-hydrogen) atoms. The van der Waals surface area contributed by atoms with Crippen LogP contribution in [0.3, 0.4) is 0 Å². The summed E-state index contributed by atoms with van der Waals surface area (Å²) in [5.74, 6) is -0.990. The molecule has 0 amide bonds. The first-order valence-electron chi connectivity index (χ1n) is 7.46. The number of benzene rings is 1. The van der Waals surface area contributed by atoms with Crippen molar-refractivity contribution in [1.29, 1.82) is 0 Å². The number of fused-ring (bicyclic) bond motifs is 1. The van der Waals surface area contributed by atoms with Gasteiger partial charge in [0.15, 0.2) is 5.41 Å². The molecule has 2 fully saturated rings. The summed E-state index contributed by atoms with van der Waals surface area (Å²) in [4.78, 5) is 24.5.